The number of benzene rings is 1. The van der Waals surface area contributed by atoms with Crippen LogP contribution in [0.2, 0.25) is 0 Å². The molecule has 0 aliphatic carbocycles. The summed E-state index contributed by atoms with van der Waals surface area (Å²) in [7, 11) is 0. The van der Waals surface area contributed by atoms with E-state index >= 15 is 0 Å². The number of carbonyl (C=O) groups excluding carboxylic acids is 1. The molecule has 2 aromatic heterocycles. The molecule has 7 heteroatoms. The summed E-state index contributed by atoms with van der Waals surface area (Å²) < 4.78 is 19.2. The third kappa shape index (κ3) is 4.36. The summed E-state index contributed by atoms with van der Waals surface area (Å²) >= 11 is 1.60. The number of hydrogen-bond acceptors (Lipinski definition) is 5. The van der Waals surface area contributed by atoms with Crippen molar-refractivity contribution in [2.24, 2.45) is 5.92 Å². The standard InChI is InChI=1S/C21H20FN3O2S/c22-18-8-2-1-7-17(18)21-23-19(27-24-21)13-15-5-3-11-25(14-15)20(26)10-9-16-6-4-12-28-16/h1-2,4,6-10,12,15H,3,5,11,13-14H2/b10-9+. The zero-order valence-corrected chi connectivity index (χ0v) is 16.1. The molecule has 1 aliphatic heterocycles. The van der Waals surface area contributed by atoms with Crippen LogP contribution in [0.25, 0.3) is 17.5 Å². The molecule has 1 aliphatic rings. The normalized spacial score (nSPS) is 17.3. The van der Waals surface area contributed by atoms with Crippen molar-refractivity contribution in [1.82, 2.24) is 15.0 Å². The highest BCUT2D eigenvalue weighted by Crippen LogP contribution is 2.24. The minimum Gasteiger partial charge on any atom is -0.339 e. The first-order chi connectivity index (χ1) is 13.7. The fourth-order valence-corrected chi connectivity index (χ4v) is 4.03. The summed E-state index contributed by atoms with van der Waals surface area (Å²) in [6.07, 6.45) is 6.01. The predicted octanol–water partition coefficient (Wildman–Crippen LogP) is 4.43. The summed E-state index contributed by atoms with van der Waals surface area (Å²) in [5.74, 6) is 0.640. The molecule has 0 N–H and O–H groups in total. The van der Waals surface area contributed by atoms with Gasteiger partial charge in [-0.05, 0) is 48.4 Å². The lowest BCUT2D eigenvalue weighted by molar-refractivity contribution is -0.127. The Kier molecular flexibility index (Phi) is 5.62. The van der Waals surface area contributed by atoms with Gasteiger partial charge in [-0.25, -0.2) is 4.39 Å². The van der Waals surface area contributed by atoms with Crippen LogP contribution in [-0.4, -0.2) is 34.0 Å². The molecule has 3 aromatic rings. The molecule has 5 nitrogen and oxygen atoms in total. The second-order valence-electron chi connectivity index (χ2n) is 6.84. The molecular weight excluding hydrogens is 377 g/mol. The Morgan fingerprint density at radius 1 is 1.32 bits per heavy atom. The number of thiophene rings is 1. The number of nitrogens with zero attached hydrogens (tertiary/aromatic N) is 3. The highest BCUT2D eigenvalue weighted by Gasteiger charge is 2.25. The van der Waals surface area contributed by atoms with Gasteiger partial charge in [0.05, 0.1) is 5.56 Å². The van der Waals surface area contributed by atoms with E-state index in [9.17, 15) is 9.18 Å². The lowest BCUT2D eigenvalue weighted by Gasteiger charge is -2.31. The highest BCUT2D eigenvalue weighted by atomic mass is 32.1. The van der Waals surface area contributed by atoms with E-state index in [1.54, 1.807) is 35.6 Å². The van der Waals surface area contributed by atoms with Crippen LogP contribution in [0.5, 0.6) is 0 Å². The van der Waals surface area contributed by atoms with Crippen LogP contribution >= 0.6 is 11.3 Å². The average Bonchev–Trinajstić information content (AvgIpc) is 3.39. The Morgan fingerprint density at radius 2 is 2.21 bits per heavy atom. The predicted molar refractivity (Wildman–Crippen MR) is 106 cm³/mol. The van der Waals surface area contributed by atoms with E-state index in [1.807, 2.05) is 28.5 Å². The van der Waals surface area contributed by atoms with E-state index in [4.69, 9.17) is 4.52 Å². The van der Waals surface area contributed by atoms with Gasteiger partial charge in [-0.3, -0.25) is 4.79 Å². The van der Waals surface area contributed by atoms with Crippen molar-refractivity contribution in [2.45, 2.75) is 19.3 Å². The first-order valence-electron chi connectivity index (χ1n) is 9.27. The number of amides is 1. The monoisotopic (exact) mass is 397 g/mol. The number of piperidine rings is 1. The van der Waals surface area contributed by atoms with E-state index < -0.39 is 0 Å². The van der Waals surface area contributed by atoms with Gasteiger partial charge < -0.3 is 9.42 Å². The zero-order chi connectivity index (χ0) is 19.3. The number of rotatable bonds is 5. The van der Waals surface area contributed by atoms with Gasteiger partial charge in [0, 0.05) is 30.5 Å². The van der Waals surface area contributed by atoms with Crippen molar-refractivity contribution in [3.8, 4) is 11.4 Å². The van der Waals surface area contributed by atoms with E-state index in [0.717, 1.165) is 24.3 Å². The summed E-state index contributed by atoms with van der Waals surface area (Å²) in [4.78, 5) is 19.7. The molecular formula is C21H20FN3O2S. The molecule has 1 aromatic carbocycles. The molecule has 1 unspecified atom stereocenters. The van der Waals surface area contributed by atoms with Crippen molar-refractivity contribution in [3.63, 3.8) is 0 Å². The first-order valence-corrected chi connectivity index (χ1v) is 10.1. The van der Waals surface area contributed by atoms with E-state index in [-0.39, 0.29) is 23.5 Å². The van der Waals surface area contributed by atoms with E-state index in [0.29, 0.717) is 24.4 Å². The Hall–Kier alpha value is -2.80. The zero-order valence-electron chi connectivity index (χ0n) is 15.3. The SMILES string of the molecule is O=C(/C=C/c1cccs1)N1CCCC(Cc2nc(-c3ccccc3F)no2)C1. The van der Waals surface area contributed by atoms with Crippen LogP contribution in [0.15, 0.2) is 52.4 Å². The van der Waals surface area contributed by atoms with Crippen LogP contribution in [0.3, 0.4) is 0 Å². The van der Waals surface area contributed by atoms with E-state index in [1.165, 1.54) is 6.07 Å². The lowest BCUT2D eigenvalue weighted by Crippen LogP contribution is -2.39. The van der Waals surface area contributed by atoms with Crippen LogP contribution in [0.1, 0.15) is 23.6 Å². The third-order valence-corrected chi connectivity index (χ3v) is 5.65. The second-order valence-corrected chi connectivity index (χ2v) is 7.82. The van der Waals surface area contributed by atoms with Crippen molar-refractivity contribution in [2.75, 3.05) is 13.1 Å². The Bertz CT molecular complexity index is 968. The lowest BCUT2D eigenvalue weighted by atomic mass is 9.94. The molecule has 1 saturated heterocycles. The summed E-state index contributed by atoms with van der Waals surface area (Å²) in [5, 5.41) is 5.90. The van der Waals surface area contributed by atoms with Crippen molar-refractivity contribution >= 4 is 23.3 Å². The van der Waals surface area contributed by atoms with E-state index in [2.05, 4.69) is 10.1 Å². The Morgan fingerprint density at radius 3 is 3.04 bits per heavy atom. The fraction of sp³-hybridized carbons (Fsp3) is 0.286. The Labute approximate surface area is 166 Å². The molecule has 0 saturated carbocycles. The van der Waals surface area contributed by atoms with Gasteiger partial charge in [-0.15, -0.1) is 11.3 Å². The van der Waals surface area contributed by atoms with Gasteiger partial charge in [0.25, 0.3) is 0 Å². The van der Waals surface area contributed by atoms with Gasteiger partial charge >= 0.3 is 0 Å². The number of hydrogen-bond donors (Lipinski definition) is 0. The fourth-order valence-electron chi connectivity index (χ4n) is 3.41. The van der Waals surface area contributed by atoms with Crippen LogP contribution in [0, 0.1) is 11.7 Å². The van der Waals surface area contributed by atoms with Crippen molar-refractivity contribution in [1.29, 1.82) is 0 Å². The van der Waals surface area contributed by atoms with Crippen LogP contribution < -0.4 is 0 Å². The van der Waals surface area contributed by atoms with Gasteiger partial charge in [0.15, 0.2) is 0 Å². The van der Waals surface area contributed by atoms with Gasteiger partial charge in [-0.2, -0.15) is 4.98 Å². The molecule has 0 radical (unpaired) electrons. The minimum atomic E-state index is -0.373. The molecule has 144 valence electrons. The molecule has 1 atom stereocenters. The minimum absolute atomic E-state index is 0.0238. The maximum Gasteiger partial charge on any atom is 0.246 e. The van der Waals surface area contributed by atoms with Gasteiger partial charge in [0.1, 0.15) is 5.82 Å². The van der Waals surface area contributed by atoms with Crippen molar-refractivity contribution < 1.29 is 13.7 Å². The maximum atomic E-state index is 13.9. The number of aromatic nitrogens is 2. The smallest absolute Gasteiger partial charge is 0.246 e. The molecule has 28 heavy (non-hydrogen) atoms. The summed E-state index contributed by atoms with van der Waals surface area (Å²) in [5.41, 5.74) is 0.330. The first kappa shape index (κ1) is 18.6. The van der Waals surface area contributed by atoms with Crippen molar-refractivity contribution in [3.05, 3.63) is 64.4 Å². The topological polar surface area (TPSA) is 59.2 Å². The molecule has 4 rings (SSSR count). The average molecular weight is 397 g/mol. The summed E-state index contributed by atoms with van der Waals surface area (Å²) in [6.45, 7) is 1.42. The second kappa shape index (κ2) is 8.48. The number of halogens is 1. The Balaban J connectivity index is 1.38. The molecule has 1 fully saturated rings. The number of carbonyl (C=O) groups is 1. The molecule has 0 spiro atoms. The number of likely N-dealkylation sites (tertiary alicyclic amines) is 1. The largest absolute Gasteiger partial charge is 0.339 e. The van der Waals surface area contributed by atoms with Gasteiger partial charge in [-0.1, -0.05) is 23.4 Å². The molecule has 0 bridgehead atoms. The molecule has 3 heterocycles. The summed E-state index contributed by atoms with van der Waals surface area (Å²) in [6, 6.07) is 10.3. The quantitative estimate of drug-likeness (QED) is 0.598. The maximum absolute atomic E-state index is 13.9. The van der Waals surface area contributed by atoms with Gasteiger partial charge in [0.2, 0.25) is 17.6 Å². The van der Waals surface area contributed by atoms with Crippen LogP contribution in [-0.2, 0) is 11.2 Å². The molecule has 1 amide bonds. The van der Waals surface area contributed by atoms with Crippen LogP contribution in [0.4, 0.5) is 4.39 Å². The highest BCUT2D eigenvalue weighted by molar-refractivity contribution is 7.10. The third-order valence-electron chi connectivity index (χ3n) is 4.81.